The van der Waals surface area contributed by atoms with E-state index >= 15 is 0 Å². The van der Waals surface area contributed by atoms with Gasteiger partial charge in [0.05, 0.1) is 11.9 Å². The molecule has 0 saturated carbocycles. The zero-order valence-electron chi connectivity index (χ0n) is 24.0. The van der Waals surface area contributed by atoms with Gasteiger partial charge < -0.3 is 24.4 Å². The summed E-state index contributed by atoms with van der Waals surface area (Å²) in [4.78, 5) is 34.3. The summed E-state index contributed by atoms with van der Waals surface area (Å²) in [7, 11) is 0. The third-order valence-electron chi connectivity index (χ3n) is 7.56. The number of pyridine rings is 1. The van der Waals surface area contributed by atoms with Crippen LogP contribution < -0.4 is 24.4 Å². The van der Waals surface area contributed by atoms with E-state index in [9.17, 15) is 9.59 Å². The molecule has 11 heteroatoms. The number of hydrogen-bond acceptors (Lipinski definition) is 6. The predicted octanol–water partition coefficient (Wildman–Crippen LogP) is 7.87. The third-order valence-corrected chi connectivity index (χ3v) is 9.20. The zero-order valence-corrected chi connectivity index (χ0v) is 28.3. The van der Waals surface area contributed by atoms with Gasteiger partial charge in [0.1, 0.15) is 5.75 Å². The van der Waals surface area contributed by atoms with E-state index in [2.05, 4.69) is 55.5 Å². The van der Waals surface area contributed by atoms with Crippen molar-refractivity contribution in [3.8, 4) is 23.1 Å². The van der Waals surface area contributed by atoms with Gasteiger partial charge in [-0.05, 0) is 84.1 Å². The highest BCUT2D eigenvalue weighted by Gasteiger charge is 2.28. The average molecular weight is 816 g/mol. The fourth-order valence-electron chi connectivity index (χ4n) is 5.20. The van der Waals surface area contributed by atoms with Crippen LogP contribution in [0.4, 0.5) is 16.2 Å². The summed E-state index contributed by atoms with van der Waals surface area (Å²) in [5.74, 6) is 2.31. The minimum atomic E-state index is -0.181. The van der Waals surface area contributed by atoms with Gasteiger partial charge in [-0.2, -0.15) is 0 Å². The molecule has 0 aliphatic carbocycles. The third kappa shape index (κ3) is 6.72. The van der Waals surface area contributed by atoms with Crippen molar-refractivity contribution in [1.82, 2.24) is 9.88 Å². The van der Waals surface area contributed by atoms with Crippen LogP contribution in [0.25, 0.3) is 0 Å². The normalized spacial score (nSPS) is 14.1. The van der Waals surface area contributed by atoms with E-state index in [1.54, 1.807) is 23.2 Å². The van der Waals surface area contributed by atoms with Crippen molar-refractivity contribution in [3.63, 3.8) is 0 Å². The summed E-state index contributed by atoms with van der Waals surface area (Å²) < 4.78 is 18.7. The van der Waals surface area contributed by atoms with Gasteiger partial charge in [-0.1, -0.05) is 57.3 Å². The molecule has 2 aliphatic heterocycles. The smallest absolute Gasteiger partial charge is 0.324 e. The lowest BCUT2D eigenvalue weighted by Crippen LogP contribution is -2.49. The fourth-order valence-corrected chi connectivity index (χ4v) is 6.65. The molecule has 3 aromatic carbocycles. The molecule has 0 radical (unpaired) electrons. The minimum Gasteiger partial charge on any atom is -0.454 e. The van der Waals surface area contributed by atoms with E-state index in [0.717, 1.165) is 37.8 Å². The van der Waals surface area contributed by atoms with Gasteiger partial charge in [0, 0.05) is 45.8 Å². The Labute approximate surface area is 283 Å². The lowest BCUT2D eigenvalue weighted by Gasteiger charge is -2.36. The molecule has 1 saturated heterocycles. The van der Waals surface area contributed by atoms with Crippen molar-refractivity contribution in [3.05, 3.63) is 101 Å². The largest absolute Gasteiger partial charge is 0.454 e. The van der Waals surface area contributed by atoms with Crippen molar-refractivity contribution in [2.24, 2.45) is 0 Å². The van der Waals surface area contributed by atoms with Crippen molar-refractivity contribution < 1.29 is 23.8 Å². The second-order valence-corrected chi connectivity index (χ2v) is 12.1. The number of carbonyl (C=O) groups is 2. The number of ether oxygens (including phenoxy) is 3. The highest BCUT2D eigenvalue weighted by molar-refractivity contribution is 14.1. The zero-order chi connectivity index (χ0) is 30.6. The molecule has 226 valence electrons. The first-order valence-electron chi connectivity index (χ1n) is 14.2. The molecule has 4 aromatic rings. The van der Waals surface area contributed by atoms with Gasteiger partial charge in [-0.25, -0.2) is 9.78 Å². The Hall–Kier alpha value is -3.59. The SMILES string of the molecule is Cc1cc(N2CCCN(Cc3ccc4c(c3)OCO4)C2=O)ccc1Oc1ccc(NC(=O)c2ccc(CI)c(CI)c2)cn1. The van der Waals surface area contributed by atoms with E-state index in [4.69, 9.17) is 14.2 Å². The van der Waals surface area contributed by atoms with Gasteiger partial charge in [0.25, 0.3) is 5.91 Å². The average Bonchev–Trinajstić information content (AvgIpc) is 3.51. The second kappa shape index (κ2) is 13.6. The maximum atomic E-state index is 13.4. The number of anilines is 2. The summed E-state index contributed by atoms with van der Waals surface area (Å²) >= 11 is 4.65. The van der Waals surface area contributed by atoms with Crippen molar-refractivity contribution in [2.45, 2.75) is 28.7 Å². The van der Waals surface area contributed by atoms with Crippen LogP contribution in [0.5, 0.6) is 23.1 Å². The number of amides is 3. The number of nitrogens with zero attached hydrogens (tertiary/aromatic N) is 3. The molecule has 0 bridgehead atoms. The van der Waals surface area contributed by atoms with Gasteiger partial charge in [-0.15, -0.1) is 0 Å². The van der Waals surface area contributed by atoms with Crippen LogP contribution in [0.2, 0.25) is 0 Å². The van der Waals surface area contributed by atoms with Gasteiger partial charge in [0.15, 0.2) is 11.5 Å². The molecule has 9 nitrogen and oxygen atoms in total. The number of hydrogen-bond donors (Lipinski definition) is 1. The molecule has 44 heavy (non-hydrogen) atoms. The molecule has 6 rings (SSSR count). The molecule has 0 unspecified atom stereocenters. The topological polar surface area (TPSA) is 93.2 Å². The highest BCUT2D eigenvalue weighted by Crippen LogP contribution is 2.34. The molecule has 2 aliphatic rings. The van der Waals surface area contributed by atoms with Crippen LogP contribution >= 0.6 is 45.2 Å². The Balaban J connectivity index is 1.08. The number of carbonyl (C=O) groups excluding carboxylic acids is 2. The number of aryl methyl sites for hydroxylation is 1. The molecule has 3 heterocycles. The van der Waals surface area contributed by atoms with Crippen LogP contribution in [0.3, 0.4) is 0 Å². The van der Waals surface area contributed by atoms with Crippen LogP contribution in [0.15, 0.2) is 72.9 Å². The van der Waals surface area contributed by atoms with Gasteiger partial charge in [-0.3, -0.25) is 9.69 Å². The van der Waals surface area contributed by atoms with Gasteiger partial charge >= 0.3 is 6.03 Å². The van der Waals surface area contributed by atoms with Crippen molar-refractivity contribution >= 4 is 68.5 Å². The molecule has 1 aromatic heterocycles. The Morgan fingerprint density at radius 3 is 2.57 bits per heavy atom. The number of nitrogens with one attached hydrogen (secondary N) is 1. The number of fused-ring (bicyclic) bond motifs is 1. The van der Waals surface area contributed by atoms with E-state index in [0.29, 0.717) is 48.3 Å². The summed E-state index contributed by atoms with van der Waals surface area (Å²) in [6.45, 7) is 4.00. The Morgan fingerprint density at radius 1 is 0.955 bits per heavy atom. The Kier molecular flexibility index (Phi) is 9.40. The second-order valence-electron chi connectivity index (χ2n) is 10.5. The fraction of sp³-hybridized carbons (Fsp3) is 0.242. The lowest BCUT2D eigenvalue weighted by atomic mass is 10.1. The highest BCUT2D eigenvalue weighted by atomic mass is 127. The summed E-state index contributed by atoms with van der Waals surface area (Å²) in [5.41, 5.74) is 6.30. The number of halogens is 2. The summed E-state index contributed by atoms with van der Waals surface area (Å²) in [5, 5.41) is 2.91. The Bertz CT molecular complexity index is 1700. The van der Waals surface area contributed by atoms with E-state index < -0.39 is 0 Å². The van der Waals surface area contributed by atoms with E-state index in [1.165, 1.54) is 11.1 Å². The first kappa shape index (κ1) is 30.4. The van der Waals surface area contributed by atoms with Crippen LogP contribution in [0.1, 0.15) is 39.0 Å². The van der Waals surface area contributed by atoms with Crippen molar-refractivity contribution in [1.29, 1.82) is 0 Å². The number of benzene rings is 3. The maximum absolute atomic E-state index is 13.4. The standard InChI is InChI=1S/C33H30I2N4O5/c1-21-13-27(39-12-2-11-38(33(39)41)19-22-3-8-29-30(14-22)43-20-42-29)7-9-28(21)44-31-10-6-26(18-36-31)37-32(40)23-4-5-24(16-34)25(15-23)17-35/h3-10,13-15,18H,2,11-12,16-17,19-20H2,1H3,(H,37,40). The number of aromatic nitrogens is 1. The minimum absolute atomic E-state index is 0.0345. The molecule has 0 atom stereocenters. The quantitative estimate of drug-likeness (QED) is 0.137. The molecule has 1 fully saturated rings. The maximum Gasteiger partial charge on any atom is 0.324 e. The first-order valence-corrected chi connectivity index (χ1v) is 17.2. The molecular formula is C33H30I2N4O5. The number of alkyl halides is 2. The van der Waals surface area contributed by atoms with Gasteiger partial charge in [0.2, 0.25) is 12.7 Å². The lowest BCUT2D eigenvalue weighted by molar-refractivity contribution is 0.102. The van der Waals surface area contributed by atoms with E-state index in [-0.39, 0.29) is 18.7 Å². The number of rotatable bonds is 9. The Morgan fingerprint density at radius 2 is 1.80 bits per heavy atom. The predicted molar refractivity (Wildman–Crippen MR) is 186 cm³/mol. The molecular weight excluding hydrogens is 786 g/mol. The number of urea groups is 1. The van der Waals surface area contributed by atoms with Crippen LogP contribution in [0, 0.1) is 6.92 Å². The summed E-state index contributed by atoms with van der Waals surface area (Å²) in [6.07, 6.45) is 2.44. The van der Waals surface area contributed by atoms with Crippen LogP contribution in [-0.2, 0) is 15.4 Å². The monoisotopic (exact) mass is 816 g/mol. The first-order chi connectivity index (χ1) is 21.4. The molecule has 0 spiro atoms. The summed E-state index contributed by atoms with van der Waals surface area (Å²) in [6, 6.07) is 20.8. The van der Waals surface area contributed by atoms with Crippen molar-refractivity contribution in [2.75, 3.05) is 30.1 Å². The molecule has 3 amide bonds. The van der Waals surface area contributed by atoms with Crippen LogP contribution in [-0.4, -0.2) is 41.7 Å². The van der Waals surface area contributed by atoms with E-state index in [1.807, 2.05) is 66.4 Å². The molecule has 1 N–H and O–H groups in total.